The molecule has 8 heteroatoms. The zero-order chi connectivity index (χ0) is 24.6. The molecule has 0 radical (unpaired) electrons. The third-order valence-corrected chi connectivity index (χ3v) is 6.56. The highest BCUT2D eigenvalue weighted by Crippen LogP contribution is 2.44. The molecule has 3 aromatic carbocycles. The normalized spacial score (nSPS) is 17.3. The molecule has 5 nitrogen and oxygen atoms in total. The third-order valence-electron chi connectivity index (χ3n) is 5.57. The number of ether oxygens (including phenoxy) is 1. The van der Waals surface area contributed by atoms with Crippen LogP contribution in [0.1, 0.15) is 29.7 Å². The van der Waals surface area contributed by atoms with Crippen molar-refractivity contribution in [1.29, 1.82) is 0 Å². The molecule has 1 unspecified atom stereocenters. The maximum Gasteiger partial charge on any atom is 0.300 e. The van der Waals surface area contributed by atoms with Crippen LogP contribution >= 0.6 is 34.8 Å². The van der Waals surface area contributed by atoms with Gasteiger partial charge in [-0.25, -0.2) is 0 Å². The number of aryl methyl sites for hydroxylation is 1. The van der Waals surface area contributed by atoms with Gasteiger partial charge in [0.15, 0.2) is 0 Å². The lowest BCUT2D eigenvalue weighted by atomic mass is 9.95. The molecule has 174 valence electrons. The zero-order valence-electron chi connectivity index (χ0n) is 18.3. The molecule has 4 rings (SSSR count). The SMILES string of the molecule is CCOc1ccc(Cl)c(/C(O)=C2\C(=O)C(=O)N(c3ccc(C)c(Cl)c3)C2c2ccc(Cl)cc2)c1. The number of Topliss-reactive ketones (excluding diaryl/α,β-unsaturated/α-hetero) is 1. The first-order valence-electron chi connectivity index (χ1n) is 10.5. The summed E-state index contributed by atoms with van der Waals surface area (Å²) in [4.78, 5) is 27.9. The Bertz CT molecular complexity index is 1320. The van der Waals surface area contributed by atoms with Crippen LogP contribution in [0.4, 0.5) is 5.69 Å². The van der Waals surface area contributed by atoms with Crippen molar-refractivity contribution in [2.24, 2.45) is 0 Å². The van der Waals surface area contributed by atoms with Gasteiger partial charge in [-0.1, -0.05) is 53.0 Å². The lowest BCUT2D eigenvalue weighted by molar-refractivity contribution is -0.132. The number of aliphatic hydroxyl groups excluding tert-OH is 1. The van der Waals surface area contributed by atoms with E-state index in [1.165, 1.54) is 11.0 Å². The predicted octanol–water partition coefficient (Wildman–Crippen LogP) is 6.98. The molecule has 0 aliphatic carbocycles. The summed E-state index contributed by atoms with van der Waals surface area (Å²) in [7, 11) is 0. The molecule has 1 atom stereocenters. The van der Waals surface area contributed by atoms with Crippen LogP contribution in [0.5, 0.6) is 5.75 Å². The second kappa shape index (κ2) is 9.71. The number of amides is 1. The van der Waals surface area contributed by atoms with Gasteiger partial charge >= 0.3 is 0 Å². The number of halogens is 3. The van der Waals surface area contributed by atoms with E-state index in [1.54, 1.807) is 54.6 Å². The van der Waals surface area contributed by atoms with Crippen molar-refractivity contribution in [1.82, 2.24) is 0 Å². The summed E-state index contributed by atoms with van der Waals surface area (Å²) in [6.07, 6.45) is 0. The predicted molar refractivity (Wildman–Crippen MR) is 135 cm³/mol. The standard InChI is InChI=1S/C26H20Cl3NO4/c1-3-34-18-10-11-20(28)19(13-18)24(31)22-23(15-5-7-16(27)8-6-15)30(26(33)25(22)32)17-9-4-14(2)21(29)12-17/h4-13,23,31H,3H2,1-2H3/b24-22+. The average molecular weight is 517 g/mol. The molecule has 0 spiro atoms. The molecule has 1 heterocycles. The number of benzene rings is 3. The number of nitrogens with zero attached hydrogens (tertiary/aromatic N) is 1. The number of aliphatic hydroxyl groups is 1. The Labute approximate surface area is 212 Å². The highest BCUT2D eigenvalue weighted by atomic mass is 35.5. The van der Waals surface area contributed by atoms with Crippen LogP contribution in [0.3, 0.4) is 0 Å². The summed E-state index contributed by atoms with van der Waals surface area (Å²) in [5.74, 6) is -1.56. The molecule has 0 aromatic heterocycles. The molecular weight excluding hydrogens is 497 g/mol. The second-order valence-corrected chi connectivity index (χ2v) is 8.98. The largest absolute Gasteiger partial charge is 0.507 e. The van der Waals surface area contributed by atoms with E-state index < -0.39 is 23.5 Å². The molecule has 34 heavy (non-hydrogen) atoms. The van der Waals surface area contributed by atoms with Crippen molar-refractivity contribution in [2.45, 2.75) is 19.9 Å². The van der Waals surface area contributed by atoms with Crippen LogP contribution in [0.15, 0.2) is 66.2 Å². The Kier molecular flexibility index (Phi) is 6.89. The van der Waals surface area contributed by atoms with Crippen LogP contribution < -0.4 is 9.64 Å². The Morgan fingerprint density at radius 1 is 0.971 bits per heavy atom. The van der Waals surface area contributed by atoms with Gasteiger partial charge < -0.3 is 9.84 Å². The second-order valence-electron chi connectivity index (χ2n) is 7.73. The number of hydrogen-bond donors (Lipinski definition) is 1. The summed E-state index contributed by atoms with van der Waals surface area (Å²) in [5, 5.41) is 12.5. The van der Waals surface area contributed by atoms with Crippen LogP contribution in [0.25, 0.3) is 5.76 Å². The van der Waals surface area contributed by atoms with E-state index in [0.29, 0.717) is 33.7 Å². The molecular formula is C26H20Cl3NO4. The number of anilines is 1. The topological polar surface area (TPSA) is 66.8 Å². The lowest BCUT2D eigenvalue weighted by Crippen LogP contribution is -2.29. The van der Waals surface area contributed by atoms with Gasteiger partial charge in [0.05, 0.1) is 23.2 Å². The Hall–Kier alpha value is -2.99. The summed E-state index contributed by atoms with van der Waals surface area (Å²) in [6.45, 7) is 4.07. The average Bonchev–Trinajstić information content (AvgIpc) is 3.08. The fourth-order valence-corrected chi connectivity index (χ4v) is 4.39. The highest BCUT2D eigenvalue weighted by molar-refractivity contribution is 6.52. The van der Waals surface area contributed by atoms with Gasteiger partial charge in [-0.2, -0.15) is 0 Å². The Balaban J connectivity index is 1.96. The van der Waals surface area contributed by atoms with Gasteiger partial charge in [0.25, 0.3) is 11.7 Å². The van der Waals surface area contributed by atoms with E-state index in [9.17, 15) is 14.7 Å². The molecule has 0 saturated carbocycles. The summed E-state index contributed by atoms with van der Waals surface area (Å²) in [6, 6.07) is 15.6. The van der Waals surface area contributed by atoms with Gasteiger partial charge in [0.1, 0.15) is 11.5 Å². The molecule has 1 N–H and O–H groups in total. The van der Waals surface area contributed by atoms with Crippen LogP contribution in [0, 0.1) is 6.92 Å². The molecule has 1 saturated heterocycles. The number of hydrogen-bond acceptors (Lipinski definition) is 4. The van der Waals surface area contributed by atoms with E-state index in [4.69, 9.17) is 39.5 Å². The highest BCUT2D eigenvalue weighted by Gasteiger charge is 2.47. The fraction of sp³-hybridized carbons (Fsp3) is 0.154. The van der Waals surface area contributed by atoms with Crippen molar-refractivity contribution in [3.8, 4) is 5.75 Å². The smallest absolute Gasteiger partial charge is 0.300 e. The maximum atomic E-state index is 13.3. The van der Waals surface area contributed by atoms with Crippen molar-refractivity contribution in [2.75, 3.05) is 11.5 Å². The van der Waals surface area contributed by atoms with Gasteiger partial charge in [-0.3, -0.25) is 14.5 Å². The van der Waals surface area contributed by atoms with Crippen molar-refractivity contribution < 1.29 is 19.4 Å². The van der Waals surface area contributed by atoms with E-state index in [-0.39, 0.29) is 16.2 Å². The van der Waals surface area contributed by atoms with Gasteiger partial charge in [-0.15, -0.1) is 0 Å². The number of ketones is 1. The number of carbonyl (C=O) groups is 2. The zero-order valence-corrected chi connectivity index (χ0v) is 20.6. The quantitative estimate of drug-likeness (QED) is 0.226. The van der Waals surface area contributed by atoms with Crippen molar-refractivity contribution >= 4 is 57.9 Å². The van der Waals surface area contributed by atoms with E-state index in [1.807, 2.05) is 13.8 Å². The molecule has 3 aromatic rings. The first-order valence-corrected chi connectivity index (χ1v) is 11.6. The third kappa shape index (κ3) is 4.39. The first-order chi connectivity index (χ1) is 16.2. The maximum absolute atomic E-state index is 13.3. The summed E-state index contributed by atoms with van der Waals surface area (Å²) >= 11 is 18.8. The molecule has 1 aliphatic heterocycles. The lowest BCUT2D eigenvalue weighted by Gasteiger charge is -2.26. The van der Waals surface area contributed by atoms with E-state index in [0.717, 1.165) is 5.56 Å². The monoisotopic (exact) mass is 515 g/mol. The minimum atomic E-state index is -0.928. The van der Waals surface area contributed by atoms with E-state index >= 15 is 0 Å². The van der Waals surface area contributed by atoms with Crippen LogP contribution in [0.2, 0.25) is 15.1 Å². The molecule has 0 bridgehead atoms. The molecule has 1 amide bonds. The Morgan fingerprint density at radius 2 is 1.68 bits per heavy atom. The van der Waals surface area contributed by atoms with Crippen molar-refractivity contribution in [3.63, 3.8) is 0 Å². The first kappa shape index (κ1) is 24.1. The Morgan fingerprint density at radius 3 is 2.32 bits per heavy atom. The van der Waals surface area contributed by atoms with Crippen LogP contribution in [-0.2, 0) is 9.59 Å². The summed E-state index contributed by atoms with van der Waals surface area (Å²) in [5.41, 5.74) is 1.92. The van der Waals surface area contributed by atoms with Gasteiger partial charge in [0.2, 0.25) is 0 Å². The minimum Gasteiger partial charge on any atom is -0.507 e. The number of rotatable bonds is 5. The van der Waals surface area contributed by atoms with E-state index in [2.05, 4.69) is 0 Å². The molecule has 1 fully saturated rings. The van der Waals surface area contributed by atoms with Crippen LogP contribution in [-0.4, -0.2) is 23.4 Å². The minimum absolute atomic E-state index is 0.0976. The number of carbonyl (C=O) groups excluding carboxylic acids is 2. The van der Waals surface area contributed by atoms with Crippen molar-refractivity contribution in [3.05, 3.63) is 98.0 Å². The van der Waals surface area contributed by atoms with Gasteiger partial charge in [0, 0.05) is 21.3 Å². The fourth-order valence-electron chi connectivity index (χ4n) is 3.88. The van der Waals surface area contributed by atoms with Gasteiger partial charge in [-0.05, 0) is 67.4 Å². The summed E-state index contributed by atoms with van der Waals surface area (Å²) < 4.78 is 5.52. The molecule has 1 aliphatic rings.